The van der Waals surface area contributed by atoms with E-state index in [0.717, 1.165) is 18.2 Å². The highest BCUT2D eigenvalue weighted by molar-refractivity contribution is 6.30. The fraction of sp³-hybridized carbons (Fsp3) is 0.323. The van der Waals surface area contributed by atoms with E-state index in [9.17, 15) is 31.9 Å². The summed E-state index contributed by atoms with van der Waals surface area (Å²) in [4.78, 5) is 37.8. The van der Waals surface area contributed by atoms with E-state index in [4.69, 9.17) is 16.3 Å². The second-order valence-corrected chi connectivity index (χ2v) is 9.97. The zero-order valence-corrected chi connectivity index (χ0v) is 24.2. The highest BCUT2D eigenvalue weighted by atomic mass is 35.5. The molecule has 0 bridgehead atoms. The number of alkyl halides is 3. The van der Waals surface area contributed by atoms with Crippen molar-refractivity contribution in [2.45, 2.75) is 51.3 Å². The van der Waals surface area contributed by atoms with Crippen LogP contribution in [-0.4, -0.2) is 37.3 Å². The summed E-state index contributed by atoms with van der Waals surface area (Å²) in [6, 6.07) is 15.2. The molecule has 0 heterocycles. The maximum absolute atomic E-state index is 14.6. The molecule has 2 atom stereocenters. The molecule has 0 fully saturated rings. The molecule has 43 heavy (non-hydrogen) atoms. The first-order chi connectivity index (χ1) is 20.4. The van der Waals surface area contributed by atoms with Crippen molar-refractivity contribution in [1.29, 1.82) is 0 Å². The normalized spacial score (nSPS) is 12.6. The Morgan fingerprint density at radius 2 is 1.58 bits per heavy atom. The van der Waals surface area contributed by atoms with Crippen molar-refractivity contribution in [3.63, 3.8) is 0 Å². The first kappa shape index (κ1) is 33.4. The molecule has 3 aromatic rings. The minimum atomic E-state index is -4.89. The fourth-order valence-corrected chi connectivity index (χ4v) is 4.74. The largest absolute Gasteiger partial charge is 0.573 e. The number of ether oxygens (including phenoxy) is 2. The molecule has 2 N–H and O–H groups in total. The van der Waals surface area contributed by atoms with Gasteiger partial charge in [-0.05, 0) is 72.9 Å². The van der Waals surface area contributed by atoms with E-state index in [1.807, 2.05) is 6.92 Å². The lowest BCUT2D eigenvalue weighted by Crippen LogP contribution is -2.28. The predicted molar refractivity (Wildman–Crippen MR) is 154 cm³/mol. The van der Waals surface area contributed by atoms with E-state index in [-0.39, 0.29) is 30.3 Å². The van der Waals surface area contributed by atoms with Gasteiger partial charge in [-0.15, -0.1) is 13.2 Å². The molecule has 230 valence electrons. The highest BCUT2D eigenvalue weighted by Crippen LogP contribution is 2.39. The number of nitrogens with one attached hydrogen (secondary N) is 2. The third kappa shape index (κ3) is 9.99. The minimum Gasteiger partial charge on any atom is -0.466 e. The van der Waals surface area contributed by atoms with Crippen molar-refractivity contribution in [2.24, 2.45) is 0 Å². The van der Waals surface area contributed by atoms with Crippen LogP contribution >= 0.6 is 11.6 Å². The second kappa shape index (κ2) is 15.4. The molecule has 3 aromatic carbocycles. The van der Waals surface area contributed by atoms with E-state index >= 15 is 0 Å². The van der Waals surface area contributed by atoms with Crippen LogP contribution in [0, 0.1) is 5.82 Å². The third-order valence-electron chi connectivity index (χ3n) is 6.47. The van der Waals surface area contributed by atoms with Gasteiger partial charge in [0.15, 0.2) is 0 Å². The van der Waals surface area contributed by atoms with Crippen LogP contribution in [0.15, 0.2) is 66.7 Å². The summed E-state index contributed by atoms with van der Waals surface area (Å²) in [5, 5.41) is 5.37. The summed E-state index contributed by atoms with van der Waals surface area (Å²) in [5.74, 6) is -4.10. The summed E-state index contributed by atoms with van der Waals surface area (Å²) >= 11 is 5.84. The van der Waals surface area contributed by atoms with Gasteiger partial charge in [-0.25, -0.2) is 4.39 Å². The Morgan fingerprint density at radius 3 is 2.16 bits per heavy atom. The Balaban J connectivity index is 1.91. The summed E-state index contributed by atoms with van der Waals surface area (Å²) < 4.78 is 61.6. The fourth-order valence-electron chi connectivity index (χ4n) is 4.58. The van der Waals surface area contributed by atoms with E-state index in [0.29, 0.717) is 29.5 Å². The molecule has 0 aromatic heterocycles. The number of halogens is 5. The maximum atomic E-state index is 14.6. The van der Waals surface area contributed by atoms with Crippen LogP contribution in [-0.2, 0) is 14.3 Å². The van der Waals surface area contributed by atoms with Crippen molar-refractivity contribution in [3.05, 3.63) is 94.3 Å². The Morgan fingerprint density at radius 1 is 0.930 bits per heavy atom. The number of anilines is 1. The quantitative estimate of drug-likeness (QED) is 0.153. The standard InChI is InChI=1S/C31H31ClF4N2O5/c1-3-5-24(19-6-8-21(9-7-19)29(40)37-17-16-27(39)42-4-2)28(20-10-13-23(14-11-20)43-31(34,35)36)30(41)38-26-15-12-22(32)18-25(26)33/h6-15,18,24,28H,3-5,16-17H2,1-2H3,(H,37,40)(H,38,41)/t24-,28+/m1/s1. The molecular weight excluding hydrogens is 592 g/mol. The summed E-state index contributed by atoms with van der Waals surface area (Å²) in [5.41, 5.74) is 1.26. The Labute approximate surface area is 251 Å². The summed E-state index contributed by atoms with van der Waals surface area (Å²) in [6.45, 7) is 3.93. The lowest BCUT2D eigenvalue weighted by atomic mass is 9.78. The second-order valence-electron chi connectivity index (χ2n) is 9.54. The molecule has 12 heteroatoms. The van der Waals surface area contributed by atoms with Gasteiger partial charge in [0, 0.05) is 17.1 Å². The van der Waals surface area contributed by atoms with E-state index in [1.165, 1.54) is 24.3 Å². The van der Waals surface area contributed by atoms with Crippen molar-refractivity contribution in [3.8, 4) is 5.75 Å². The van der Waals surface area contributed by atoms with Gasteiger partial charge in [-0.2, -0.15) is 0 Å². The monoisotopic (exact) mass is 622 g/mol. The lowest BCUT2D eigenvalue weighted by Gasteiger charge is -2.28. The molecule has 0 aliphatic rings. The van der Waals surface area contributed by atoms with Crippen LogP contribution in [0.25, 0.3) is 0 Å². The van der Waals surface area contributed by atoms with E-state index < -0.39 is 47.5 Å². The number of amides is 2. The van der Waals surface area contributed by atoms with E-state index in [2.05, 4.69) is 15.4 Å². The average molecular weight is 623 g/mol. The van der Waals surface area contributed by atoms with Crippen LogP contribution in [0.2, 0.25) is 5.02 Å². The van der Waals surface area contributed by atoms with Crippen molar-refractivity contribution in [1.82, 2.24) is 5.32 Å². The Kier molecular flexibility index (Phi) is 11.9. The Bertz CT molecular complexity index is 1400. The van der Waals surface area contributed by atoms with Crippen molar-refractivity contribution < 1.29 is 41.4 Å². The third-order valence-corrected chi connectivity index (χ3v) is 6.70. The van der Waals surface area contributed by atoms with Crippen LogP contribution in [0.5, 0.6) is 5.75 Å². The summed E-state index contributed by atoms with van der Waals surface area (Å²) in [7, 11) is 0. The number of carbonyl (C=O) groups excluding carboxylic acids is 3. The Hall–Kier alpha value is -4.12. The van der Waals surface area contributed by atoms with Gasteiger partial charge in [-0.1, -0.05) is 49.2 Å². The smallest absolute Gasteiger partial charge is 0.466 e. The predicted octanol–water partition coefficient (Wildman–Crippen LogP) is 7.37. The van der Waals surface area contributed by atoms with Crippen molar-refractivity contribution in [2.75, 3.05) is 18.5 Å². The molecule has 7 nitrogen and oxygen atoms in total. The average Bonchev–Trinajstić information content (AvgIpc) is 2.94. The van der Waals surface area contributed by atoms with Crippen LogP contribution in [0.4, 0.5) is 23.2 Å². The molecule has 0 radical (unpaired) electrons. The lowest BCUT2D eigenvalue weighted by molar-refractivity contribution is -0.274. The molecule has 3 rings (SSSR count). The number of benzene rings is 3. The number of carbonyl (C=O) groups is 3. The van der Waals surface area contributed by atoms with Gasteiger partial charge in [-0.3, -0.25) is 14.4 Å². The minimum absolute atomic E-state index is 0.0219. The molecular formula is C31H31ClF4N2O5. The van der Waals surface area contributed by atoms with Crippen LogP contribution in [0.3, 0.4) is 0 Å². The summed E-state index contributed by atoms with van der Waals surface area (Å²) in [6.07, 6.45) is -3.75. The molecule has 0 saturated carbocycles. The molecule has 0 aliphatic carbocycles. The van der Waals surface area contributed by atoms with Crippen LogP contribution < -0.4 is 15.4 Å². The first-order valence-electron chi connectivity index (χ1n) is 13.6. The van der Waals surface area contributed by atoms with Gasteiger partial charge in [0.1, 0.15) is 11.6 Å². The van der Waals surface area contributed by atoms with Gasteiger partial charge >= 0.3 is 12.3 Å². The maximum Gasteiger partial charge on any atom is 0.573 e. The van der Waals surface area contributed by atoms with Crippen LogP contribution in [0.1, 0.15) is 66.4 Å². The molecule has 0 spiro atoms. The van der Waals surface area contributed by atoms with Gasteiger partial charge < -0.3 is 20.1 Å². The number of hydrogen-bond acceptors (Lipinski definition) is 5. The number of rotatable bonds is 13. The zero-order valence-electron chi connectivity index (χ0n) is 23.5. The molecule has 0 unspecified atom stereocenters. The van der Waals surface area contributed by atoms with Crippen molar-refractivity contribution >= 4 is 35.1 Å². The van der Waals surface area contributed by atoms with Gasteiger partial charge in [0.25, 0.3) is 5.91 Å². The number of hydrogen-bond donors (Lipinski definition) is 2. The van der Waals surface area contributed by atoms with E-state index in [1.54, 1.807) is 31.2 Å². The first-order valence-corrected chi connectivity index (χ1v) is 13.9. The highest BCUT2D eigenvalue weighted by Gasteiger charge is 2.33. The molecule has 0 aliphatic heterocycles. The SMILES string of the molecule is CCC[C@H](c1ccc(C(=O)NCCC(=O)OCC)cc1)[C@@H](C(=O)Nc1ccc(Cl)cc1F)c1ccc(OC(F)(F)F)cc1. The topological polar surface area (TPSA) is 93.7 Å². The number of esters is 1. The molecule has 2 amide bonds. The van der Waals surface area contributed by atoms with Gasteiger partial charge in [0.05, 0.1) is 24.6 Å². The molecule has 0 saturated heterocycles. The zero-order chi connectivity index (χ0) is 31.6. The van der Waals surface area contributed by atoms with Gasteiger partial charge in [0.2, 0.25) is 5.91 Å².